The Balaban J connectivity index is 1.86. The van der Waals surface area contributed by atoms with Gasteiger partial charge in [-0.1, -0.05) is 23.7 Å². The third kappa shape index (κ3) is 3.89. The molecule has 128 valence electrons. The summed E-state index contributed by atoms with van der Waals surface area (Å²) in [6, 6.07) is 11.3. The largest absolute Gasteiger partial charge is 0.496 e. The number of thioether (sulfide) groups is 1. The third-order valence-electron chi connectivity index (χ3n) is 3.83. The van der Waals surface area contributed by atoms with Crippen molar-refractivity contribution in [1.29, 1.82) is 0 Å². The van der Waals surface area contributed by atoms with E-state index in [1.807, 2.05) is 56.3 Å². The summed E-state index contributed by atoms with van der Waals surface area (Å²) >= 11 is 7.43. The highest BCUT2D eigenvalue weighted by Gasteiger charge is 2.24. The van der Waals surface area contributed by atoms with Gasteiger partial charge in [-0.3, -0.25) is 4.79 Å². The molecule has 0 aliphatic carbocycles. The van der Waals surface area contributed by atoms with E-state index in [2.05, 4.69) is 10.3 Å². The lowest BCUT2D eigenvalue weighted by molar-refractivity contribution is -0.115. The molecular formula is C19H17ClN2O2S. The Morgan fingerprint density at radius 1 is 1.24 bits per heavy atom. The third-order valence-corrected chi connectivity index (χ3v) is 5.15. The number of hydrogen-bond acceptors (Lipinski definition) is 4. The SMILES string of the molecule is COc1ccc(C=C2SC(=Nc3cccc(Cl)c3C)NC2=O)cc1C. The number of nitrogens with one attached hydrogen (secondary N) is 1. The van der Waals surface area contributed by atoms with Crippen LogP contribution in [0.4, 0.5) is 5.69 Å². The highest BCUT2D eigenvalue weighted by atomic mass is 35.5. The van der Waals surface area contributed by atoms with Crippen molar-refractivity contribution in [2.75, 3.05) is 7.11 Å². The monoisotopic (exact) mass is 372 g/mol. The number of carbonyl (C=O) groups is 1. The number of benzene rings is 2. The zero-order valence-electron chi connectivity index (χ0n) is 14.1. The van der Waals surface area contributed by atoms with Crippen molar-refractivity contribution in [3.05, 3.63) is 63.0 Å². The van der Waals surface area contributed by atoms with Gasteiger partial charge in [0.2, 0.25) is 0 Å². The molecule has 0 aromatic heterocycles. The molecule has 1 aliphatic rings. The average Bonchev–Trinajstić information content (AvgIpc) is 2.91. The lowest BCUT2D eigenvalue weighted by Gasteiger charge is -2.05. The highest BCUT2D eigenvalue weighted by molar-refractivity contribution is 8.18. The van der Waals surface area contributed by atoms with Crippen LogP contribution in [0.5, 0.6) is 5.75 Å². The molecule has 0 unspecified atom stereocenters. The summed E-state index contributed by atoms with van der Waals surface area (Å²) in [7, 11) is 1.64. The Kier molecular flexibility index (Phi) is 5.16. The second-order valence-corrected chi connectivity index (χ2v) is 7.03. The topological polar surface area (TPSA) is 50.7 Å². The van der Waals surface area contributed by atoms with Gasteiger partial charge in [-0.15, -0.1) is 0 Å². The van der Waals surface area contributed by atoms with Gasteiger partial charge in [0.05, 0.1) is 17.7 Å². The van der Waals surface area contributed by atoms with Gasteiger partial charge in [0.25, 0.3) is 5.91 Å². The Labute approximate surface area is 155 Å². The Hall–Kier alpha value is -2.24. The molecule has 4 nitrogen and oxygen atoms in total. The van der Waals surface area contributed by atoms with Gasteiger partial charge in [-0.05, 0) is 72.6 Å². The molecule has 2 aromatic rings. The van der Waals surface area contributed by atoms with E-state index in [1.165, 1.54) is 11.8 Å². The van der Waals surface area contributed by atoms with Crippen molar-refractivity contribution in [2.24, 2.45) is 4.99 Å². The molecule has 1 fully saturated rings. The number of rotatable bonds is 3. The van der Waals surface area contributed by atoms with E-state index in [9.17, 15) is 4.79 Å². The predicted octanol–water partition coefficient (Wildman–Crippen LogP) is 4.86. The van der Waals surface area contributed by atoms with E-state index >= 15 is 0 Å². The Morgan fingerprint density at radius 2 is 2.04 bits per heavy atom. The van der Waals surface area contributed by atoms with Gasteiger partial charge >= 0.3 is 0 Å². The number of amidine groups is 1. The maximum atomic E-state index is 12.2. The molecule has 0 spiro atoms. The van der Waals surface area contributed by atoms with Crippen molar-refractivity contribution in [3.63, 3.8) is 0 Å². The van der Waals surface area contributed by atoms with Crippen LogP contribution < -0.4 is 10.1 Å². The summed E-state index contributed by atoms with van der Waals surface area (Å²) in [6.45, 7) is 3.87. The van der Waals surface area contributed by atoms with Crippen LogP contribution in [0.25, 0.3) is 6.08 Å². The van der Waals surface area contributed by atoms with Crippen LogP contribution in [0.1, 0.15) is 16.7 Å². The average molecular weight is 373 g/mol. The molecule has 2 aromatic carbocycles. The molecule has 1 saturated heterocycles. The molecule has 6 heteroatoms. The summed E-state index contributed by atoms with van der Waals surface area (Å²) in [4.78, 5) is 17.3. The molecular weight excluding hydrogens is 356 g/mol. The molecule has 3 rings (SSSR count). The number of halogens is 1. The first-order chi connectivity index (χ1) is 12.0. The van der Waals surface area contributed by atoms with Gasteiger partial charge in [0.15, 0.2) is 5.17 Å². The zero-order chi connectivity index (χ0) is 18.0. The van der Waals surface area contributed by atoms with E-state index in [0.29, 0.717) is 15.1 Å². The molecule has 1 aliphatic heterocycles. The summed E-state index contributed by atoms with van der Waals surface area (Å²) < 4.78 is 5.26. The van der Waals surface area contributed by atoms with Gasteiger partial charge in [0, 0.05) is 5.02 Å². The first-order valence-electron chi connectivity index (χ1n) is 7.67. The van der Waals surface area contributed by atoms with Crippen molar-refractivity contribution < 1.29 is 9.53 Å². The Morgan fingerprint density at radius 3 is 2.76 bits per heavy atom. The molecule has 1 heterocycles. The highest BCUT2D eigenvalue weighted by Crippen LogP contribution is 2.31. The van der Waals surface area contributed by atoms with Crippen LogP contribution in [-0.4, -0.2) is 18.2 Å². The van der Waals surface area contributed by atoms with Crippen molar-refractivity contribution in [2.45, 2.75) is 13.8 Å². The van der Waals surface area contributed by atoms with Crippen LogP contribution in [0.3, 0.4) is 0 Å². The van der Waals surface area contributed by atoms with Crippen molar-refractivity contribution in [3.8, 4) is 5.75 Å². The van der Waals surface area contributed by atoms with Crippen LogP contribution in [0.2, 0.25) is 5.02 Å². The smallest absolute Gasteiger partial charge is 0.264 e. The summed E-state index contributed by atoms with van der Waals surface area (Å²) in [5.74, 6) is 0.668. The van der Waals surface area contributed by atoms with E-state index in [4.69, 9.17) is 16.3 Å². The van der Waals surface area contributed by atoms with Gasteiger partial charge in [-0.2, -0.15) is 0 Å². The quantitative estimate of drug-likeness (QED) is 0.783. The predicted molar refractivity (Wildman–Crippen MR) is 105 cm³/mol. The fourth-order valence-electron chi connectivity index (χ4n) is 2.45. The normalized spacial score (nSPS) is 17.2. The van der Waals surface area contributed by atoms with Crippen LogP contribution >= 0.6 is 23.4 Å². The van der Waals surface area contributed by atoms with E-state index < -0.39 is 0 Å². The minimum absolute atomic E-state index is 0.156. The molecule has 0 atom stereocenters. The first kappa shape index (κ1) is 17.6. The van der Waals surface area contributed by atoms with Crippen molar-refractivity contribution >= 4 is 46.2 Å². The number of amides is 1. The number of ether oxygens (including phenoxy) is 1. The van der Waals surface area contributed by atoms with Crippen LogP contribution in [0.15, 0.2) is 46.3 Å². The number of nitrogens with zero attached hydrogens (tertiary/aromatic N) is 1. The second kappa shape index (κ2) is 7.33. The lowest BCUT2D eigenvalue weighted by atomic mass is 10.1. The number of carbonyl (C=O) groups excluding carboxylic acids is 1. The number of aryl methyl sites for hydroxylation is 1. The standard InChI is InChI=1S/C19H17ClN2O2S/c1-11-9-13(7-8-16(11)24-3)10-17-18(23)22-19(25-17)21-15-6-4-5-14(20)12(15)2/h4-10H,1-3H3,(H,21,22,23). The summed E-state index contributed by atoms with van der Waals surface area (Å²) in [5, 5.41) is 4.00. The molecule has 0 radical (unpaired) electrons. The maximum absolute atomic E-state index is 12.2. The van der Waals surface area contributed by atoms with Gasteiger partial charge < -0.3 is 10.1 Å². The fraction of sp³-hybridized carbons (Fsp3) is 0.158. The lowest BCUT2D eigenvalue weighted by Crippen LogP contribution is -2.19. The number of aliphatic imine (C=N–C) groups is 1. The molecule has 1 N–H and O–H groups in total. The van der Waals surface area contributed by atoms with E-state index in [1.54, 1.807) is 7.11 Å². The fourth-order valence-corrected chi connectivity index (χ4v) is 3.45. The second-order valence-electron chi connectivity index (χ2n) is 5.59. The molecule has 1 amide bonds. The first-order valence-corrected chi connectivity index (χ1v) is 8.86. The zero-order valence-corrected chi connectivity index (χ0v) is 15.7. The van der Waals surface area contributed by atoms with Crippen LogP contribution in [-0.2, 0) is 4.79 Å². The van der Waals surface area contributed by atoms with Crippen LogP contribution in [0, 0.1) is 13.8 Å². The minimum Gasteiger partial charge on any atom is -0.496 e. The van der Waals surface area contributed by atoms with Gasteiger partial charge in [0.1, 0.15) is 5.75 Å². The van der Waals surface area contributed by atoms with Gasteiger partial charge in [-0.25, -0.2) is 4.99 Å². The van der Waals surface area contributed by atoms with E-state index in [-0.39, 0.29) is 5.91 Å². The summed E-state index contributed by atoms with van der Waals surface area (Å²) in [6.07, 6.45) is 1.85. The number of hydrogen-bond donors (Lipinski definition) is 1. The molecule has 0 saturated carbocycles. The maximum Gasteiger partial charge on any atom is 0.264 e. The van der Waals surface area contributed by atoms with E-state index in [0.717, 1.165) is 28.1 Å². The van der Waals surface area contributed by atoms with Crippen molar-refractivity contribution in [1.82, 2.24) is 5.32 Å². The molecule has 25 heavy (non-hydrogen) atoms. The summed E-state index contributed by atoms with van der Waals surface area (Å²) in [5.41, 5.74) is 3.59. The minimum atomic E-state index is -0.156. The Bertz CT molecular complexity index is 906. The molecule has 0 bridgehead atoms. The number of methoxy groups -OCH3 is 1.